The minimum absolute atomic E-state index is 0.0624. The lowest BCUT2D eigenvalue weighted by molar-refractivity contribution is 0.0696. The van der Waals surface area contributed by atoms with Crippen LogP contribution < -0.4 is 4.74 Å². The summed E-state index contributed by atoms with van der Waals surface area (Å²) in [6, 6.07) is 6.26. The molecule has 0 aliphatic heterocycles. The van der Waals surface area contributed by atoms with Crippen LogP contribution in [0.3, 0.4) is 0 Å². The number of hydrogen-bond acceptors (Lipinski definition) is 6. The first-order valence-corrected chi connectivity index (χ1v) is 8.00. The first kappa shape index (κ1) is 14.5. The van der Waals surface area contributed by atoms with E-state index in [9.17, 15) is 13.2 Å². The molecule has 1 heterocycles. The van der Waals surface area contributed by atoms with Crippen molar-refractivity contribution in [2.75, 3.05) is 7.11 Å². The zero-order valence-corrected chi connectivity index (χ0v) is 12.1. The number of carboxylic acid groups (broad SMARTS) is 1. The Hall–Kier alpha value is -1.93. The number of para-hydroxylation sites is 1. The number of rotatable bonds is 5. The molecule has 2 aromatic rings. The fraction of sp³-hybridized carbons (Fsp3) is 0.167. The predicted molar refractivity (Wildman–Crippen MR) is 73.0 cm³/mol. The van der Waals surface area contributed by atoms with E-state index < -0.39 is 15.8 Å². The minimum Gasteiger partial charge on any atom is -0.495 e. The second-order valence-corrected chi connectivity index (χ2v) is 6.68. The van der Waals surface area contributed by atoms with Crippen molar-refractivity contribution in [3.63, 3.8) is 0 Å². The number of benzene rings is 1. The molecule has 0 bridgehead atoms. The van der Waals surface area contributed by atoms with Crippen LogP contribution in [0.1, 0.15) is 15.5 Å². The standard InChI is InChI=1S/C12H11NO5S2/c1-18-9-4-2-3-5-10(9)20(16,17)7-8-6-19-11(13-8)12(14)15/h2-6H,7H2,1H3,(H,14,15). The summed E-state index contributed by atoms with van der Waals surface area (Å²) in [4.78, 5) is 14.6. The zero-order chi connectivity index (χ0) is 14.8. The van der Waals surface area contributed by atoms with Gasteiger partial charge in [0.2, 0.25) is 5.01 Å². The van der Waals surface area contributed by atoms with E-state index in [0.717, 1.165) is 11.3 Å². The molecule has 0 radical (unpaired) electrons. The monoisotopic (exact) mass is 313 g/mol. The molecular weight excluding hydrogens is 302 g/mol. The van der Waals surface area contributed by atoms with Crippen molar-refractivity contribution in [1.29, 1.82) is 0 Å². The fourth-order valence-corrected chi connectivity index (χ4v) is 3.82. The smallest absolute Gasteiger partial charge is 0.365 e. The summed E-state index contributed by atoms with van der Waals surface area (Å²) in [7, 11) is -2.25. The second-order valence-electron chi connectivity index (χ2n) is 3.86. The van der Waals surface area contributed by atoms with Crippen LogP contribution in [-0.2, 0) is 15.6 Å². The molecule has 1 aromatic heterocycles. The maximum atomic E-state index is 12.3. The van der Waals surface area contributed by atoms with Gasteiger partial charge in [0.25, 0.3) is 0 Å². The summed E-state index contributed by atoms with van der Waals surface area (Å²) in [5, 5.41) is 10.1. The van der Waals surface area contributed by atoms with Gasteiger partial charge in [0.1, 0.15) is 10.6 Å². The molecule has 0 atom stereocenters. The van der Waals surface area contributed by atoms with Gasteiger partial charge < -0.3 is 9.84 Å². The van der Waals surface area contributed by atoms with Gasteiger partial charge in [-0.15, -0.1) is 11.3 Å². The van der Waals surface area contributed by atoms with E-state index >= 15 is 0 Å². The number of aromatic nitrogens is 1. The Kier molecular flexibility index (Phi) is 4.05. The summed E-state index contributed by atoms with van der Waals surface area (Å²) in [5.74, 6) is -1.28. The summed E-state index contributed by atoms with van der Waals surface area (Å²) in [6.45, 7) is 0. The molecule has 2 rings (SSSR count). The molecule has 6 nitrogen and oxygen atoms in total. The number of methoxy groups -OCH3 is 1. The number of sulfone groups is 1. The average Bonchev–Trinajstić information content (AvgIpc) is 2.86. The summed E-state index contributed by atoms with van der Waals surface area (Å²) < 4.78 is 29.6. The SMILES string of the molecule is COc1ccccc1S(=O)(=O)Cc1csc(C(=O)O)n1. The second kappa shape index (κ2) is 5.59. The lowest BCUT2D eigenvalue weighted by atomic mass is 10.3. The molecular formula is C12H11NO5S2. The highest BCUT2D eigenvalue weighted by atomic mass is 32.2. The molecule has 8 heteroatoms. The van der Waals surface area contributed by atoms with Crippen molar-refractivity contribution in [3.05, 3.63) is 40.3 Å². The number of hydrogen-bond donors (Lipinski definition) is 1. The van der Waals surface area contributed by atoms with Crippen LogP contribution in [-0.4, -0.2) is 31.6 Å². The molecule has 0 saturated carbocycles. The largest absolute Gasteiger partial charge is 0.495 e. The highest BCUT2D eigenvalue weighted by Gasteiger charge is 2.22. The number of nitrogens with zero attached hydrogens (tertiary/aromatic N) is 1. The van der Waals surface area contributed by atoms with Gasteiger partial charge in [-0.3, -0.25) is 0 Å². The number of aromatic carboxylic acids is 1. The first-order valence-electron chi connectivity index (χ1n) is 5.47. The van der Waals surface area contributed by atoms with Crippen molar-refractivity contribution in [2.45, 2.75) is 10.6 Å². The molecule has 20 heavy (non-hydrogen) atoms. The van der Waals surface area contributed by atoms with Gasteiger partial charge >= 0.3 is 5.97 Å². The predicted octanol–water partition coefficient (Wildman–Crippen LogP) is 1.82. The number of ether oxygens (including phenoxy) is 1. The quantitative estimate of drug-likeness (QED) is 0.905. The van der Waals surface area contributed by atoms with Gasteiger partial charge in [-0.1, -0.05) is 12.1 Å². The van der Waals surface area contributed by atoms with Gasteiger partial charge in [0.05, 0.1) is 18.6 Å². The topological polar surface area (TPSA) is 93.6 Å². The Morgan fingerprint density at radius 2 is 2.10 bits per heavy atom. The third-order valence-corrected chi connectivity index (χ3v) is 5.04. The van der Waals surface area contributed by atoms with Crippen LogP contribution >= 0.6 is 11.3 Å². The van der Waals surface area contributed by atoms with E-state index in [0.29, 0.717) is 0 Å². The Morgan fingerprint density at radius 1 is 1.40 bits per heavy atom. The Bertz CT molecular complexity index is 736. The molecule has 0 unspecified atom stereocenters. The third-order valence-electron chi connectivity index (χ3n) is 2.48. The fourth-order valence-electron chi connectivity index (χ4n) is 1.62. The lowest BCUT2D eigenvalue weighted by Gasteiger charge is -2.07. The van der Waals surface area contributed by atoms with Crippen LogP contribution in [0.15, 0.2) is 34.5 Å². The number of thiazole rings is 1. The lowest BCUT2D eigenvalue weighted by Crippen LogP contribution is -2.07. The van der Waals surface area contributed by atoms with E-state index in [1.165, 1.54) is 18.6 Å². The Balaban J connectivity index is 2.33. The third kappa shape index (κ3) is 2.97. The molecule has 1 aromatic carbocycles. The van der Waals surface area contributed by atoms with E-state index in [4.69, 9.17) is 9.84 Å². The zero-order valence-electron chi connectivity index (χ0n) is 10.4. The molecule has 0 aliphatic rings. The number of carbonyl (C=O) groups is 1. The normalized spacial score (nSPS) is 11.2. The molecule has 0 amide bonds. The highest BCUT2D eigenvalue weighted by Crippen LogP contribution is 2.26. The Morgan fingerprint density at radius 3 is 2.70 bits per heavy atom. The summed E-state index contributed by atoms with van der Waals surface area (Å²) in [5.41, 5.74) is 0.207. The van der Waals surface area contributed by atoms with Gasteiger partial charge in [-0.2, -0.15) is 0 Å². The van der Waals surface area contributed by atoms with Crippen LogP contribution in [0, 0.1) is 0 Å². The van der Waals surface area contributed by atoms with Crippen LogP contribution in [0.5, 0.6) is 5.75 Å². The van der Waals surface area contributed by atoms with Crippen molar-refractivity contribution < 1.29 is 23.1 Å². The van der Waals surface area contributed by atoms with Gasteiger partial charge in [-0.25, -0.2) is 18.2 Å². The molecule has 0 fully saturated rings. The first-order chi connectivity index (χ1) is 9.44. The van der Waals surface area contributed by atoms with E-state index in [1.54, 1.807) is 18.2 Å². The molecule has 0 spiro atoms. The summed E-state index contributed by atoms with van der Waals surface area (Å²) >= 11 is 0.897. The van der Waals surface area contributed by atoms with Crippen molar-refractivity contribution >= 4 is 27.1 Å². The molecule has 1 N–H and O–H groups in total. The molecule has 0 aliphatic carbocycles. The van der Waals surface area contributed by atoms with E-state index in [2.05, 4.69) is 4.98 Å². The average molecular weight is 313 g/mol. The van der Waals surface area contributed by atoms with Crippen molar-refractivity contribution in [2.24, 2.45) is 0 Å². The van der Waals surface area contributed by atoms with Gasteiger partial charge in [-0.05, 0) is 12.1 Å². The van der Waals surface area contributed by atoms with E-state index in [-0.39, 0.29) is 27.1 Å². The maximum absolute atomic E-state index is 12.3. The summed E-state index contributed by atoms with van der Waals surface area (Å²) in [6.07, 6.45) is 0. The van der Waals surface area contributed by atoms with E-state index in [1.807, 2.05) is 0 Å². The van der Waals surface area contributed by atoms with Gasteiger partial charge in [0, 0.05) is 5.38 Å². The minimum atomic E-state index is -3.64. The maximum Gasteiger partial charge on any atom is 0.365 e. The van der Waals surface area contributed by atoms with Crippen LogP contribution in [0.2, 0.25) is 0 Å². The van der Waals surface area contributed by atoms with Crippen molar-refractivity contribution in [3.8, 4) is 5.75 Å². The van der Waals surface area contributed by atoms with Gasteiger partial charge in [0.15, 0.2) is 9.84 Å². The van der Waals surface area contributed by atoms with Crippen molar-refractivity contribution in [1.82, 2.24) is 4.98 Å². The molecule has 106 valence electrons. The van der Waals surface area contributed by atoms with Crippen LogP contribution in [0.4, 0.5) is 0 Å². The molecule has 0 saturated heterocycles. The Labute approximate surface area is 119 Å². The van der Waals surface area contributed by atoms with Crippen LogP contribution in [0.25, 0.3) is 0 Å². The highest BCUT2D eigenvalue weighted by molar-refractivity contribution is 7.90. The number of carboxylic acids is 1.